The van der Waals surface area contributed by atoms with Crippen LogP contribution in [-0.2, 0) is 14.3 Å². The molecule has 1 amide bonds. The third-order valence-electron chi connectivity index (χ3n) is 4.41. The molecule has 0 atom stereocenters. The van der Waals surface area contributed by atoms with Gasteiger partial charge < -0.3 is 19.9 Å². The highest BCUT2D eigenvalue weighted by Gasteiger charge is 2.36. The molecule has 1 aliphatic rings. The van der Waals surface area contributed by atoms with Crippen LogP contribution < -0.4 is 10.1 Å². The number of carbonyl (C=O) groups excluding carboxylic acids is 2. The lowest BCUT2D eigenvalue weighted by Crippen LogP contribution is -2.46. The predicted molar refractivity (Wildman–Crippen MR) is 88.5 cm³/mol. The van der Waals surface area contributed by atoms with Gasteiger partial charge in [-0.1, -0.05) is 18.2 Å². The molecular weight excluding hydrogens is 310 g/mol. The summed E-state index contributed by atoms with van der Waals surface area (Å²) in [4.78, 5) is 23.4. The van der Waals surface area contributed by atoms with Gasteiger partial charge in [0.05, 0.1) is 31.7 Å². The molecule has 1 aliphatic carbocycles. The molecule has 1 aromatic carbocycles. The summed E-state index contributed by atoms with van der Waals surface area (Å²) in [5.41, 5.74) is -0.944. The SMILES string of the molecule is COC(=O)C1CCC(O)(CNC(=O)CCOc2ccccc2)CC1. The second kappa shape index (κ2) is 8.68. The Balaban J connectivity index is 1.65. The lowest BCUT2D eigenvalue weighted by atomic mass is 9.79. The molecule has 1 aromatic rings. The van der Waals surface area contributed by atoms with Crippen LogP contribution in [0.1, 0.15) is 32.1 Å². The van der Waals surface area contributed by atoms with Crippen molar-refractivity contribution in [2.75, 3.05) is 20.3 Å². The normalized spacial score (nSPS) is 23.3. The molecule has 132 valence electrons. The molecule has 0 bridgehead atoms. The summed E-state index contributed by atoms with van der Waals surface area (Å²) in [6, 6.07) is 9.31. The monoisotopic (exact) mass is 335 g/mol. The van der Waals surface area contributed by atoms with Crippen LogP contribution in [-0.4, -0.2) is 42.8 Å². The number of benzene rings is 1. The van der Waals surface area contributed by atoms with Gasteiger partial charge in [0, 0.05) is 6.54 Å². The van der Waals surface area contributed by atoms with E-state index in [9.17, 15) is 14.7 Å². The Hall–Kier alpha value is -2.08. The van der Waals surface area contributed by atoms with Gasteiger partial charge in [0.25, 0.3) is 0 Å². The average molecular weight is 335 g/mol. The number of hydrogen-bond donors (Lipinski definition) is 2. The first kappa shape index (κ1) is 18.3. The molecule has 0 aliphatic heterocycles. The Kier molecular flexibility index (Phi) is 6.61. The van der Waals surface area contributed by atoms with Crippen LogP contribution in [0.15, 0.2) is 30.3 Å². The molecule has 6 heteroatoms. The number of methoxy groups -OCH3 is 1. The fourth-order valence-electron chi connectivity index (χ4n) is 2.86. The first-order chi connectivity index (χ1) is 11.5. The average Bonchev–Trinajstić information content (AvgIpc) is 2.61. The zero-order valence-electron chi connectivity index (χ0n) is 14.0. The largest absolute Gasteiger partial charge is 0.493 e. The highest BCUT2D eigenvalue weighted by atomic mass is 16.5. The van der Waals surface area contributed by atoms with E-state index < -0.39 is 5.60 Å². The molecule has 0 unspecified atom stereocenters. The lowest BCUT2D eigenvalue weighted by Gasteiger charge is -2.35. The van der Waals surface area contributed by atoms with E-state index in [0.29, 0.717) is 32.3 Å². The van der Waals surface area contributed by atoms with E-state index in [1.807, 2.05) is 30.3 Å². The summed E-state index contributed by atoms with van der Waals surface area (Å²) in [5, 5.41) is 13.2. The van der Waals surface area contributed by atoms with E-state index in [2.05, 4.69) is 5.32 Å². The number of ether oxygens (including phenoxy) is 2. The van der Waals surface area contributed by atoms with E-state index in [1.165, 1.54) is 7.11 Å². The van der Waals surface area contributed by atoms with Gasteiger partial charge in [0.1, 0.15) is 5.75 Å². The Morgan fingerprint density at radius 3 is 2.54 bits per heavy atom. The van der Waals surface area contributed by atoms with Crippen molar-refractivity contribution in [1.29, 1.82) is 0 Å². The van der Waals surface area contributed by atoms with Crippen molar-refractivity contribution >= 4 is 11.9 Å². The molecule has 0 radical (unpaired) electrons. The highest BCUT2D eigenvalue weighted by molar-refractivity contribution is 5.76. The van der Waals surface area contributed by atoms with Crippen LogP contribution in [0.3, 0.4) is 0 Å². The van der Waals surface area contributed by atoms with E-state index in [1.54, 1.807) is 0 Å². The van der Waals surface area contributed by atoms with Gasteiger partial charge in [-0.15, -0.1) is 0 Å². The van der Waals surface area contributed by atoms with Crippen molar-refractivity contribution in [3.05, 3.63) is 30.3 Å². The summed E-state index contributed by atoms with van der Waals surface area (Å²) in [6.45, 7) is 0.490. The van der Waals surface area contributed by atoms with Crippen molar-refractivity contribution in [2.45, 2.75) is 37.7 Å². The predicted octanol–water partition coefficient (Wildman–Crippen LogP) is 1.67. The zero-order chi connectivity index (χ0) is 17.4. The van der Waals surface area contributed by atoms with Gasteiger partial charge in [-0.2, -0.15) is 0 Å². The van der Waals surface area contributed by atoms with E-state index >= 15 is 0 Å². The van der Waals surface area contributed by atoms with E-state index in [0.717, 1.165) is 5.75 Å². The molecule has 1 fully saturated rings. The van der Waals surface area contributed by atoms with Crippen LogP contribution in [0, 0.1) is 5.92 Å². The number of aliphatic hydroxyl groups is 1. The molecular formula is C18H25NO5. The van der Waals surface area contributed by atoms with Gasteiger partial charge in [0.2, 0.25) is 5.91 Å². The third-order valence-corrected chi connectivity index (χ3v) is 4.41. The minimum Gasteiger partial charge on any atom is -0.493 e. The minimum absolute atomic E-state index is 0.148. The third kappa shape index (κ3) is 5.53. The number of hydrogen-bond acceptors (Lipinski definition) is 5. The Labute approximate surface area is 142 Å². The second-order valence-electron chi connectivity index (χ2n) is 6.21. The standard InChI is InChI=1S/C18H25NO5/c1-23-17(21)14-7-10-18(22,11-8-14)13-19-16(20)9-12-24-15-5-3-2-4-6-15/h2-6,14,22H,7-13H2,1H3,(H,19,20). The summed E-state index contributed by atoms with van der Waals surface area (Å²) in [5.74, 6) is 0.198. The minimum atomic E-state index is -0.944. The van der Waals surface area contributed by atoms with Gasteiger partial charge in [0.15, 0.2) is 0 Å². The number of esters is 1. The molecule has 0 saturated heterocycles. The molecule has 6 nitrogen and oxygen atoms in total. The van der Waals surface area contributed by atoms with Crippen molar-refractivity contribution in [2.24, 2.45) is 5.92 Å². The van der Waals surface area contributed by atoms with Gasteiger partial charge in [-0.05, 0) is 37.8 Å². The van der Waals surface area contributed by atoms with E-state index in [-0.39, 0.29) is 30.8 Å². The van der Waals surface area contributed by atoms with Gasteiger partial charge in [-0.3, -0.25) is 9.59 Å². The first-order valence-corrected chi connectivity index (χ1v) is 8.27. The molecule has 0 spiro atoms. The highest BCUT2D eigenvalue weighted by Crippen LogP contribution is 2.32. The Bertz CT molecular complexity index is 538. The zero-order valence-corrected chi connectivity index (χ0v) is 14.0. The molecule has 0 aromatic heterocycles. The Morgan fingerprint density at radius 2 is 1.92 bits per heavy atom. The fourth-order valence-corrected chi connectivity index (χ4v) is 2.86. The fraction of sp³-hybridized carbons (Fsp3) is 0.556. The summed E-state index contributed by atoms with van der Waals surface area (Å²) >= 11 is 0. The van der Waals surface area contributed by atoms with Crippen LogP contribution in [0.25, 0.3) is 0 Å². The smallest absolute Gasteiger partial charge is 0.308 e. The summed E-state index contributed by atoms with van der Waals surface area (Å²) in [6.07, 6.45) is 2.35. The van der Waals surface area contributed by atoms with Crippen LogP contribution in [0.5, 0.6) is 5.75 Å². The van der Waals surface area contributed by atoms with Crippen LogP contribution in [0.2, 0.25) is 0 Å². The second-order valence-corrected chi connectivity index (χ2v) is 6.21. The quantitative estimate of drug-likeness (QED) is 0.741. The topological polar surface area (TPSA) is 84.9 Å². The maximum absolute atomic E-state index is 11.9. The number of rotatable bonds is 7. The van der Waals surface area contributed by atoms with Crippen LogP contribution >= 0.6 is 0 Å². The van der Waals surface area contributed by atoms with Crippen LogP contribution in [0.4, 0.5) is 0 Å². The number of nitrogens with one attached hydrogen (secondary N) is 1. The lowest BCUT2D eigenvalue weighted by molar-refractivity contribution is -0.148. The molecule has 2 N–H and O–H groups in total. The maximum atomic E-state index is 11.9. The van der Waals surface area contributed by atoms with Crippen molar-refractivity contribution in [1.82, 2.24) is 5.32 Å². The van der Waals surface area contributed by atoms with Crippen molar-refractivity contribution in [3.8, 4) is 5.75 Å². The summed E-state index contributed by atoms with van der Waals surface area (Å²) < 4.78 is 10.2. The molecule has 0 heterocycles. The Morgan fingerprint density at radius 1 is 1.25 bits per heavy atom. The first-order valence-electron chi connectivity index (χ1n) is 8.27. The molecule has 24 heavy (non-hydrogen) atoms. The maximum Gasteiger partial charge on any atom is 0.308 e. The van der Waals surface area contributed by atoms with Gasteiger partial charge in [-0.25, -0.2) is 0 Å². The van der Waals surface area contributed by atoms with E-state index in [4.69, 9.17) is 9.47 Å². The summed E-state index contributed by atoms with van der Waals surface area (Å²) in [7, 11) is 1.38. The van der Waals surface area contributed by atoms with Crippen molar-refractivity contribution in [3.63, 3.8) is 0 Å². The molecule has 1 saturated carbocycles. The number of para-hydroxylation sites is 1. The van der Waals surface area contributed by atoms with Gasteiger partial charge >= 0.3 is 5.97 Å². The number of carbonyl (C=O) groups is 2. The van der Waals surface area contributed by atoms with Crippen molar-refractivity contribution < 1.29 is 24.2 Å². The number of amides is 1. The molecule has 2 rings (SSSR count).